The molecule has 0 fully saturated rings. The molecule has 0 amide bonds. The van der Waals surface area contributed by atoms with Crippen molar-refractivity contribution in [3.8, 4) is 17.2 Å². The van der Waals surface area contributed by atoms with E-state index in [0.717, 1.165) is 0 Å². The quantitative estimate of drug-likeness (QED) is 0.732. The van der Waals surface area contributed by atoms with Gasteiger partial charge in [0.1, 0.15) is 22.8 Å². The number of phenols is 2. The fourth-order valence-electron chi connectivity index (χ4n) is 2.55. The van der Waals surface area contributed by atoms with Crippen LogP contribution >= 0.6 is 0 Å². The van der Waals surface area contributed by atoms with Crippen LogP contribution in [0.4, 0.5) is 0 Å². The van der Waals surface area contributed by atoms with Crippen molar-refractivity contribution in [1.29, 1.82) is 0 Å². The van der Waals surface area contributed by atoms with E-state index >= 15 is 0 Å². The summed E-state index contributed by atoms with van der Waals surface area (Å²) in [5, 5.41) is 29.5. The summed E-state index contributed by atoms with van der Waals surface area (Å²) in [5.41, 5.74) is 0.550. The molecule has 2 atom stereocenters. The highest BCUT2D eigenvalue weighted by atomic mass is 16.5. The Labute approximate surface area is 131 Å². The zero-order valence-corrected chi connectivity index (χ0v) is 12.2. The molecule has 0 bridgehead atoms. The van der Waals surface area contributed by atoms with Gasteiger partial charge in [-0.1, -0.05) is 12.1 Å². The van der Waals surface area contributed by atoms with Gasteiger partial charge >= 0.3 is 0 Å². The van der Waals surface area contributed by atoms with Gasteiger partial charge in [0, 0.05) is 5.56 Å². The number of aromatic hydroxyl groups is 2. The minimum atomic E-state index is -1.50. The van der Waals surface area contributed by atoms with Crippen LogP contribution < -0.4 is 4.74 Å². The average molecular weight is 314 g/mol. The number of phenolic OH excluding ortho intramolecular Hbond substituents is 2. The Morgan fingerprint density at radius 1 is 1.13 bits per heavy atom. The zero-order chi connectivity index (χ0) is 16.7. The number of ketones is 2. The van der Waals surface area contributed by atoms with Crippen molar-refractivity contribution in [2.24, 2.45) is 0 Å². The largest absolute Gasteiger partial charge is 0.508 e. The smallest absolute Gasteiger partial charge is 0.202 e. The average Bonchev–Trinajstić information content (AvgIpc) is 2.51. The number of aliphatic hydroxyl groups is 1. The molecular weight excluding hydrogens is 300 g/mol. The van der Waals surface area contributed by atoms with E-state index in [1.54, 1.807) is 0 Å². The van der Waals surface area contributed by atoms with Gasteiger partial charge in [-0.3, -0.25) is 9.59 Å². The first-order valence-corrected chi connectivity index (χ1v) is 6.94. The predicted octanol–water partition coefficient (Wildman–Crippen LogP) is 1.98. The first-order valence-electron chi connectivity index (χ1n) is 6.94. The van der Waals surface area contributed by atoms with Crippen molar-refractivity contribution in [2.45, 2.75) is 19.1 Å². The van der Waals surface area contributed by atoms with Crippen LogP contribution in [0.25, 0.3) is 0 Å². The molecule has 0 unspecified atom stereocenters. The molecule has 0 radical (unpaired) electrons. The predicted molar refractivity (Wildman–Crippen MR) is 79.9 cm³/mol. The van der Waals surface area contributed by atoms with E-state index in [0.29, 0.717) is 5.56 Å². The minimum absolute atomic E-state index is 0.0438. The fourth-order valence-corrected chi connectivity index (χ4v) is 2.55. The molecular formula is C17H14O6. The molecule has 6 nitrogen and oxygen atoms in total. The number of carbonyl (C=O) groups excluding carboxylic acids is 2. The number of aliphatic hydroxyl groups excluding tert-OH is 1. The van der Waals surface area contributed by atoms with E-state index in [-0.39, 0.29) is 28.4 Å². The molecule has 23 heavy (non-hydrogen) atoms. The number of Topliss-reactive ketones (excluding diaryl/α,β-unsaturated/α-hetero) is 2. The van der Waals surface area contributed by atoms with Crippen LogP contribution in [-0.2, 0) is 0 Å². The van der Waals surface area contributed by atoms with Gasteiger partial charge < -0.3 is 20.1 Å². The van der Waals surface area contributed by atoms with E-state index in [2.05, 4.69) is 0 Å². The molecule has 0 aromatic heterocycles. The number of rotatable bonds is 2. The number of hydrogen-bond donors (Lipinski definition) is 3. The van der Waals surface area contributed by atoms with Crippen molar-refractivity contribution in [2.75, 3.05) is 0 Å². The van der Waals surface area contributed by atoms with Crippen LogP contribution in [0, 0.1) is 0 Å². The van der Waals surface area contributed by atoms with Crippen LogP contribution in [0.5, 0.6) is 17.2 Å². The minimum Gasteiger partial charge on any atom is -0.508 e. The van der Waals surface area contributed by atoms with Crippen LogP contribution in [0.3, 0.4) is 0 Å². The lowest BCUT2D eigenvalue weighted by atomic mass is 9.92. The van der Waals surface area contributed by atoms with Crippen LogP contribution in [0.1, 0.15) is 39.3 Å². The number of benzene rings is 2. The van der Waals surface area contributed by atoms with Crippen molar-refractivity contribution >= 4 is 11.6 Å². The fraction of sp³-hybridized carbons (Fsp3) is 0.176. The number of carbonyl (C=O) groups is 2. The highest BCUT2D eigenvalue weighted by molar-refractivity contribution is 6.07. The number of hydrogen-bond acceptors (Lipinski definition) is 6. The van der Waals surface area contributed by atoms with E-state index in [1.807, 2.05) is 0 Å². The van der Waals surface area contributed by atoms with Gasteiger partial charge in [0.05, 0.1) is 0 Å². The van der Waals surface area contributed by atoms with Gasteiger partial charge in [-0.25, -0.2) is 0 Å². The number of ether oxygens (including phenoxy) is 1. The van der Waals surface area contributed by atoms with Gasteiger partial charge in [0.2, 0.25) is 5.78 Å². The summed E-state index contributed by atoms with van der Waals surface area (Å²) in [7, 11) is 0. The summed E-state index contributed by atoms with van der Waals surface area (Å²) in [6.45, 7) is 1.33. The lowest BCUT2D eigenvalue weighted by Gasteiger charge is -2.30. The molecule has 0 saturated heterocycles. The van der Waals surface area contributed by atoms with Crippen molar-refractivity contribution in [3.05, 3.63) is 53.1 Å². The lowest BCUT2D eigenvalue weighted by Crippen LogP contribution is -2.36. The summed E-state index contributed by atoms with van der Waals surface area (Å²) in [6, 6.07) is 8.42. The van der Waals surface area contributed by atoms with E-state index in [4.69, 9.17) is 4.74 Å². The second-order valence-corrected chi connectivity index (χ2v) is 5.36. The molecule has 0 saturated carbocycles. The topological polar surface area (TPSA) is 104 Å². The molecule has 1 aliphatic heterocycles. The first-order chi connectivity index (χ1) is 10.9. The number of fused-ring (bicyclic) bond motifs is 1. The van der Waals surface area contributed by atoms with Crippen molar-refractivity contribution < 1.29 is 29.6 Å². The Balaban J connectivity index is 2.08. The summed E-state index contributed by atoms with van der Waals surface area (Å²) in [4.78, 5) is 23.8. The van der Waals surface area contributed by atoms with Crippen molar-refractivity contribution in [3.63, 3.8) is 0 Å². The third-order valence-electron chi connectivity index (χ3n) is 3.77. The van der Waals surface area contributed by atoms with Gasteiger partial charge in [0.15, 0.2) is 18.0 Å². The Bertz CT molecular complexity index is 793. The zero-order valence-electron chi connectivity index (χ0n) is 12.2. The van der Waals surface area contributed by atoms with E-state index in [9.17, 15) is 24.9 Å². The molecule has 3 N–H and O–H groups in total. The second kappa shape index (κ2) is 5.40. The van der Waals surface area contributed by atoms with E-state index in [1.165, 1.54) is 43.3 Å². The third kappa shape index (κ3) is 2.53. The Kier molecular flexibility index (Phi) is 3.54. The SMILES string of the molecule is CC(=O)c1cc(O)c2c(c1)O[C@@H](c1ccc(O)cc1)[C@H](O)C2=O. The monoisotopic (exact) mass is 314 g/mol. The Morgan fingerprint density at radius 3 is 2.39 bits per heavy atom. The first kappa shape index (κ1) is 15.1. The summed E-state index contributed by atoms with van der Waals surface area (Å²) in [5.74, 6) is -1.28. The molecule has 3 rings (SSSR count). The molecule has 2 aromatic carbocycles. The Morgan fingerprint density at radius 2 is 1.78 bits per heavy atom. The normalized spacial score (nSPS) is 19.8. The van der Waals surface area contributed by atoms with Gasteiger partial charge in [-0.2, -0.15) is 0 Å². The van der Waals surface area contributed by atoms with Crippen LogP contribution in [-0.4, -0.2) is 33.0 Å². The maximum Gasteiger partial charge on any atom is 0.202 e. The van der Waals surface area contributed by atoms with E-state index < -0.39 is 23.7 Å². The molecule has 1 aliphatic rings. The standard InChI is InChI=1S/C17H14O6/c1-8(18)10-6-12(20)14-13(7-10)23-17(16(22)15(14)21)9-2-4-11(19)5-3-9/h2-7,16-17,19-20,22H,1H3/t16-,17+/m1/s1. The maximum absolute atomic E-state index is 12.3. The summed E-state index contributed by atoms with van der Waals surface area (Å²) < 4.78 is 5.65. The molecule has 0 spiro atoms. The van der Waals surface area contributed by atoms with Gasteiger partial charge in [0.25, 0.3) is 0 Å². The Hall–Kier alpha value is -2.86. The van der Waals surface area contributed by atoms with Gasteiger partial charge in [-0.05, 0) is 36.8 Å². The van der Waals surface area contributed by atoms with Crippen LogP contribution in [0.15, 0.2) is 36.4 Å². The maximum atomic E-state index is 12.3. The lowest BCUT2D eigenvalue weighted by molar-refractivity contribution is 0.0211. The third-order valence-corrected chi connectivity index (χ3v) is 3.77. The van der Waals surface area contributed by atoms with Crippen molar-refractivity contribution in [1.82, 2.24) is 0 Å². The van der Waals surface area contributed by atoms with Crippen LogP contribution in [0.2, 0.25) is 0 Å². The molecule has 118 valence electrons. The highest BCUT2D eigenvalue weighted by Gasteiger charge is 2.39. The molecule has 2 aromatic rings. The summed E-state index contributed by atoms with van der Waals surface area (Å²) in [6.07, 6.45) is -2.49. The summed E-state index contributed by atoms with van der Waals surface area (Å²) >= 11 is 0. The van der Waals surface area contributed by atoms with Gasteiger partial charge in [-0.15, -0.1) is 0 Å². The highest BCUT2D eigenvalue weighted by Crippen LogP contribution is 2.40. The molecule has 0 aliphatic carbocycles. The molecule has 6 heteroatoms. The molecule has 1 heterocycles. The second-order valence-electron chi connectivity index (χ2n) is 5.36.